The first-order chi connectivity index (χ1) is 13.1. The molecule has 27 heavy (non-hydrogen) atoms. The number of hydrogen-bond acceptors (Lipinski definition) is 3. The average Bonchev–Trinajstić information content (AvgIpc) is 2.97. The van der Waals surface area contributed by atoms with E-state index in [1.807, 2.05) is 6.92 Å². The van der Waals surface area contributed by atoms with E-state index in [1.165, 1.54) is 25.1 Å². The number of guanidine groups is 1. The van der Waals surface area contributed by atoms with Crippen LogP contribution in [0.1, 0.15) is 44.4 Å². The van der Waals surface area contributed by atoms with Crippen molar-refractivity contribution in [3.05, 3.63) is 35.3 Å². The number of aliphatic imine (C=N–C) groups is 1. The maximum absolute atomic E-state index is 13.5. The van der Waals surface area contributed by atoms with Gasteiger partial charge in [-0.15, -0.1) is 0 Å². The number of fused-ring (bicyclic) bond motifs is 1. The minimum absolute atomic E-state index is 0.245. The van der Waals surface area contributed by atoms with Crippen molar-refractivity contribution in [3.8, 4) is 0 Å². The van der Waals surface area contributed by atoms with Crippen molar-refractivity contribution in [2.24, 2.45) is 4.99 Å². The molecular weight excluding hydrogens is 343 g/mol. The van der Waals surface area contributed by atoms with Crippen LogP contribution in [0.25, 0.3) is 11.0 Å². The summed E-state index contributed by atoms with van der Waals surface area (Å²) in [6, 6.07) is 5.07. The number of piperidine rings is 1. The van der Waals surface area contributed by atoms with Gasteiger partial charge in [-0.2, -0.15) is 0 Å². The Kier molecular flexibility index (Phi) is 6.72. The molecule has 1 aliphatic heterocycles. The Morgan fingerprint density at radius 2 is 2.07 bits per heavy atom. The highest BCUT2D eigenvalue weighted by Crippen LogP contribution is 2.26. The second kappa shape index (κ2) is 9.22. The maximum atomic E-state index is 13.5. The third-order valence-corrected chi connectivity index (χ3v) is 5.19. The molecule has 0 saturated carbocycles. The molecule has 0 unspecified atom stereocenters. The summed E-state index contributed by atoms with van der Waals surface area (Å²) < 4.78 is 19.4. The third kappa shape index (κ3) is 5.01. The lowest BCUT2D eigenvalue weighted by Crippen LogP contribution is -2.48. The van der Waals surface area contributed by atoms with Crippen molar-refractivity contribution in [2.45, 2.75) is 52.6 Å². The predicted octanol–water partition coefficient (Wildman–Crippen LogP) is 3.81. The van der Waals surface area contributed by atoms with E-state index in [0.29, 0.717) is 18.2 Å². The van der Waals surface area contributed by atoms with Gasteiger partial charge in [0.1, 0.15) is 23.7 Å². The molecule has 0 aliphatic carbocycles. The Morgan fingerprint density at radius 3 is 2.78 bits per heavy atom. The molecule has 0 spiro atoms. The molecule has 1 fully saturated rings. The lowest BCUT2D eigenvalue weighted by atomic mass is 10.1. The fourth-order valence-electron chi connectivity index (χ4n) is 3.68. The number of halogens is 1. The van der Waals surface area contributed by atoms with Crippen LogP contribution in [0.15, 0.2) is 27.6 Å². The number of rotatable bonds is 6. The Bertz CT molecular complexity index is 778. The van der Waals surface area contributed by atoms with E-state index in [4.69, 9.17) is 9.41 Å². The SMILES string of the molecule is CCCN1CCC(NC(=NCc2oc3ccc(F)cc3c2C)NCC)CC1. The van der Waals surface area contributed by atoms with Gasteiger partial charge in [0.15, 0.2) is 5.96 Å². The summed E-state index contributed by atoms with van der Waals surface area (Å²) in [5.74, 6) is 1.36. The van der Waals surface area contributed by atoms with Crippen LogP contribution in [-0.2, 0) is 6.54 Å². The highest BCUT2D eigenvalue weighted by atomic mass is 19.1. The largest absolute Gasteiger partial charge is 0.459 e. The zero-order chi connectivity index (χ0) is 19.2. The molecular formula is C21H31FN4O. The van der Waals surface area contributed by atoms with Crippen LogP contribution in [0.4, 0.5) is 4.39 Å². The number of aryl methyl sites for hydroxylation is 1. The fourth-order valence-corrected chi connectivity index (χ4v) is 3.68. The highest BCUT2D eigenvalue weighted by molar-refractivity contribution is 5.82. The van der Waals surface area contributed by atoms with Crippen molar-refractivity contribution in [1.29, 1.82) is 0 Å². The summed E-state index contributed by atoms with van der Waals surface area (Å²) in [5, 5.41) is 7.71. The summed E-state index contributed by atoms with van der Waals surface area (Å²) in [6.45, 7) is 11.0. The topological polar surface area (TPSA) is 52.8 Å². The van der Waals surface area contributed by atoms with E-state index in [1.54, 1.807) is 6.07 Å². The Morgan fingerprint density at radius 1 is 1.30 bits per heavy atom. The minimum atomic E-state index is -0.245. The number of furan rings is 1. The van der Waals surface area contributed by atoms with Gasteiger partial charge < -0.3 is 20.0 Å². The molecule has 1 aliphatic rings. The zero-order valence-electron chi connectivity index (χ0n) is 16.6. The van der Waals surface area contributed by atoms with Crippen LogP contribution in [0.2, 0.25) is 0 Å². The van der Waals surface area contributed by atoms with Gasteiger partial charge in [-0.1, -0.05) is 6.92 Å². The first-order valence-electron chi connectivity index (χ1n) is 10.1. The van der Waals surface area contributed by atoms with E-state index < -0.39 is 0 Å². The molecule has 0 bridgehead atoms. The maximum Gasteiger partial charge on any atom is 0.191 e. The molecule has 1 aromatic heterocycles. The normalized spacial score (nSPS) is 16.8. The third-order valence-electron chi connectivity index (χ3n) is 5.19. The van der Waals surface area contributed by atoms with Crippen LogP contribution in [-0.4, -0.2) is 43.1 Å². The van der Waals surface area contributed by atoms with Crippen molar-refractivity contribution in [1.82, 2.24) is 15.5 Å². The smallest absolute Gasteiger partial charge is 0.191 e. The van der Waals surface area contributed by atoms with Crippen molar-refractivity contribution in [3.63, 3.8) is 0 Å². The van der Waals surface area contributed by atoms with Gasteiger partial charge in [0.05, 0.1) is 0 Å². The molecule has 2 N–H and O–H groups in total. The highest BCUT2D eigenvalue weighted by Gasteiger charge is 2.19. The van der Waals surface area contributed by atoms with Gasteiger partial charge in [-0.3, -0.25) is 0 Å². The molecule has 0 atom stereocenters. The van der Waals surface area contributed by atoms with Crippen LogP contribution >= 0.6 is 0 Å². The Hall–Kier alpha value is -2.08. The zero-order valence-corrected chi connectivity index (χ0v) is 16.6. The summed E-state index contributed by atoms with van der Waals surface area (Å²) >= 11 is 0. The van der Waals surface area contributed by atoms with Gasteiger partial charge in [0, 0.05) is 36.6 Å². The van der Waals surface area contributed by atoms with Gasteiger partial charge in [0.2, 0.25) is 0 Å². The van der Waals surface area contributed by atoms with Crippen LogP contribution < -0.4 is 10.6 Å². The van der Waals surface area contributed by atoms with E-state index in [9.17, 15) is 4.39 Å². The van der Waals surface area contributed by atoms with E-state index in [-0.39, 0.29) is 5.82 Å². The summed E-state index contributed by atoms with van der Waals surface area (Å²) in [7, 11) is 0. The lowest BCUT2D eigenvalue weighted by molar-refractivity contribution is 0.206. The molecule has 5 nitrogen and oxygen atoms in total. The van der Waals surface area contributed by atoms with Crippen molar-refractivity contribution >= 4 is 16.9 Å². The van der Waals surface area contributed by atoms with Crippen LogP contribution in [0.5, 0.6) is 0 Å². The number of nitrogens with one attached hydrogen (secondary N) is 2. The lowest BCUT2D eigenvalue weighted by Gasteiger charge is -2.32. The van der Waals surface area contributed by atoms with Crippen LogP contribution in [0, 0.1) is 12.7 Å². The molecule has 2 aromatic rings. The number of benzene rings is 1. The Balaban J connectivity index is 1.65. The molecule has 148 valence electrons. The predicted molar refractivity (Wildman–Crippen MR) is 109 cm³/mol. The molecule has 0 radical (unpaired) electrons. The van der Waals surface area contributed by atoms with Crippen LogP contribution in [0.3, 0.4) is 0 Å². The number of likely N-dealkylation sites (tertiary alicyclic amines) is 1. The summed E-state index contributed by atoms with van der Waals surface area (Å²) in [6.07, 6.45) is 3.48. The van der Waals surface area contributed by atoms with Gasteiger partial charge in [-0.05, 0) is 57.9 Å². The molecule has 1 saturated heterocycles. The first kappa shape index (κ1) is 19.7. The van der Waals surface area contributed by atoms with Gasteiger partial charge >= 0.3 is 0 Å². The number of hydrogen-bond donors (Lipinski definition) is 2. The van der Waals surface area contributed by atoms with Gasteiger partial charge in [0.25, 0.3) is 0 Å². The number of nitrogens with zero attached hydrogens (tertiary/aromatic N) is 2. The van der Waals surface area contributed by atoms with Crippen molar-refractivity contribution in [2.75, 3.05) is 26.2 Å². The van der Waals surface area contributed by atoms with E-state index in [2.05, 4.69) is 29.4 Å². The minimum Gasteiger partial charge on any atom is -0.459 e. The molecule has 3 rings (SSSR count). The quantitative estimate of drug-likeness (QED) is 0.596. The summed E-state index contributed by atoms with van der Waals surface area (Å²) in [5.41, 5.74) is 1.66. The second-order valence-electron chi connectivity index (χ2n) is 7.25. The average molecular weight is 375 g/mol. The molecule has 6 heteroatoms. The monoisotopic (exact) mass is 374 g/mol. The molecule has 1 aromatic carbocycles. The standard InChI is InChI=1S/C21H31FN4O/c1-4-10-26-11-8-17(9-12-26)25-21(23-5-2)24-14-20-15(3)18-13-16(22)6-7-19(18)27-20/h6-7,13,17H,4-5,8-12,14H2,1-3H3,(H2,23,24,25). The van der Waals surface area contributed by atoms with E-state index >= 15 is 0 Å². The molecule has 0 amide bonds. The fraction of sp³-hybridized carbons (Fsp3) is 0.571. The first-order valence-corrected chi connectivity index (χ1v) is 10.1. The Labute approximate surface area is 161 Å². The second-order valence-corrected chi connectivity index (χ2v) is 7.25. The summed E-state index contributed by atoms with van der Waals surface area (Å²) in [4.78, 5) is 7.23. The van der Waals surface area contributed by atoms with Crippen molar-refractivity contribution < 1.29 is 8.81 Å². The molecule has 2 heterocycles. The van der Waals surface area contributed by atoms with Gasteiger partial charge in [-0.25, -0.2) is 9.38 Å². The van der Waals surface area contributed by atoms with E-state index in [0.717, 1.165) is 55.1 Å².